The SMILES string of the molecule is CC(C)C(C(=O)N1CCCC1C=O)c1cc(N2CCN(C)CC2)no1.CNC(C)c1ccc(-c2scnc2C)cc1.O=COCC1CCC2(COc3nc(N4CC5CCC(C4)N5)c4cc(Cl)c(-c5cc(O)cc6ccccc56)c(F)c4n3)CCCN12. The molecule has 4 aromatic carbocycles. The van der Waals surface area contributed by atoms with Gasteiger partial charge in [0.05, 0.1) is 32.7 Å². The Morgan fingerprint density at radius 1 is 0.930 bits per heavy atom. The van der Waals surface area contributed by atoms with Gasteiger partial charge < -0.3 is 54.1 Å². The van der Waals surface area contributed by atoms with Crippen LogP contribution >= 0.6 is 22.9 Å². The van der Waals surface area contributed by atoms with Crippen molar-refractivity contribution in [2.75, 3.05) is 89.5 Å². The van der Waals surface area contributed by atoms with Crippen LogP contribution in [-0.2, 0) is 19.1 Å². The minimum Gasteiger partial charge on any atom is -0.508 e. The summed E-state index contributed by atoms with van der Waals surface area (Å²) in [5.74, 6) is 1.13. The van der Waals surface area contributed by atoms with Crippen LogP contribution in [0.2, 0.25) is 5.02 Å². The van der Waals surface area contributed by atoms with Crippen LogP contribution in [0, 0.1) is 18.7 Å². The van der Waals surface area contributed by atoms with Crippen LogP contribution in [0.3, 0.4) is 0 Å². The molecule has 6 aliphatic heterocycles. The number of hydrogen-bond donors (Lipinski definition) is 3. The minimum absolute atomic E-state index is 0.0225. The van der Waals surface area contributed by atoms with Gasteiger partial charge in [0, 0.05) is 87.0 Å². The quantitative estimate of drug-likeness (QED) is 0.0773. The zero-order valence-electron chi connectivity index (χ0n) is 50.0. The van der Waals surface area contributed by atoms with Gasteiger partial charge in [0.2, 0.25) is 5.91 Å². The van der Waals surface area contributed by atoms with E-state index in [-0.39, 0.29) is 57.3 Å². The summed E-state index contributed by atoms with van der Waals surface area (Å²) in [5, 5.41) is 24.0. The predicted molar refractivity (Wildman–Crippen MR) is 335 cm³/mol. The third kappa shape index (κ3) is 12.8. The molecule has 7 atom stereocenters. The van der Waals surface area contributed by atoms with E-state index in [2.05, 4.69) is 85.5 Å². The zero-order chi connectivity index (χ0) is 60.2. The molecule has 6 saturated heterocycles. The number of fused-ring (bicyclic) bond motifs is 5. The molecule has 3 aromatic heterocycles. The fourth-order valence-electron chi connectivity index (χ4n) is 13.7. The van der Waals surface area contributed by atoms with Crippen molar-refractivity contribution >= 4 is 74.9 Å². The number of phenols is 1. The second kappa shape index (κ2) is 26.7. The topological polar surface area (TPSA) is 195 Å². The average Bonchev–Trinajstić information content (AvgIpc) is 1.09. The third-order valence-corrected chi connectivity index (χ3v) is 19.8. The van der Waals surface area contributed by atoms with Crippen molar-refractivity contribution in [3.05, 3.63) is 106 Å². The number of ether oxygens (including phenoxy) is 2. The van der Waals surface area contributed by atoms with Crippen molar-refractivity contribution in [2.45, 2.75) is 121 Å². The van der Waals surface area contributed by atoms with Gasteiger partial charge in [-0.2, -0.15) is 9.97 Å². The van der Waals surface area contributed by atoms with Gasteiger partial charge in [-0.25, -0.2) is 9.37 Å². The number of carbonyl (C=O) groups excluding carboxylic acids is 3. The van der Waals surface area contributed by atoms with E-state index in [9.17, 15) is 19.5 Å². The molecule has 3 N–H and O–H groups in total. The van der Waals surface area contributed by atoms with Gasteiger partial charge in [-0.05, 0) is 137 Å². The highest BCUT2D eigenvalue weighted by Crippen LogP contribution is 2.45. The lowest BCUT2D eigenvalue weighted by Crippen LogP contribution is -2.51. The summed E-state index contributed by atoms with van der Waals surface area (Å²) < 4.78 is 34.0. The van der Waals surface area contributed by atoms with E-state index in [1.165, 1.54) is 16.0 Å². The highest BCUT2D eigenvalue weighted by molar-refractivity contribution is 7.13. The Bertz CT molecular complexity index is 3510. The molecule has 0 saturated carbocycles. The molecular weight excluding hydrogens is 1130 g/mol. The van der Waals surface area contributed by atoms with Crippen molar-refractivity contribution in [2.24, 2.45) is 5.92 Å². The number of benzene rings is 4. The molecule has 0 spiro atoms. The summed E-state index contributed by atoms with van der Waals surface area (Å²) in [6.45, 7) is 16.3. The largest absolute Gasteiger partial charge is 0.508 e. The fourth-order valence-corrected chi connectivity index (χ4v) is 14.8. The number of piperazine rings is 2. The molecule has 456 valence electrons. The number of hydrogen-bond acceptors (Lipinski definition) is 18. The maximum atomic E-state index is 16.9. The number of halogens is 2. The van der Waals surface area contributed by atoms with Crippen molar-refractivity contribution < 1.29 is 37.9 Å². The summed E-state index contributed by atoms with van der Waals surface area (Å²) in [6, 6.07) is 24.1. The fraction of sp³-hybridized carbons (Fsp3) is 0.492. The smallest absolute Gasteiger partial charge is 0.319 e. The Balaban J connectivity index is 0.000000156. The van der Waals surface area contributed by atoms with Gasteiger partial charge in [-0.15, -0.1) is 11.3 Å². The second-order valence-electron chi connectivity index (χ2n) is 24.3. The van der Waals surface area contributed by atoms with Crippen LogP contribution in [-0.4, -0.2) is 168 Å². The Labute approximate surface area is 511 Å². The predicted octanol–water partition coefficient (Wildman–Crippen LogP) is 10.2. The van der Waals surface area contributed by atoms with E-state index in [0.29, 0.717) is 66.9 Å². The van der Waals surface area contributed by atoms with Gasteiger partial charge in [-0.3, -0.25) is 14.5 Å². The molecule has 6 fully saturated rings. The first-order valence-corrected chi connectivity index (χ1v) is 31.6. The van der Waals surface area contributed by atoms with Crippen molar-refractivity contribution in [1.29, 1.82) is 0 Å². The van der Waals surface area contributed by atoms with Crippen LogP contribution in [0.1, 0.15) is 101 Å². The number of aldehydes is 1. The molecule has 7 aromatic rings. The van der Waals surface area contributed by atoms with Crippen LogP contribution in [0.25, 0.3) is 43.2 Å². The number of nitrogens with one attached hydrogen (secondary N) is 2. The molecule has 0 radical (unpaired) electrons. The average molecular weight is 1210 g/mol. The number of rotatable bonds is 16. The Morgan fingerprint density at radius 2 is 1.70 bits per heavy atom. The first-order valence-electron chi connectivity index (χ1n) is 30.4. The lowest BCUT2D eigenvalue weighted by atomic mass is 9.91. The summed E-state index contributed by atoms with van der Waals surface area (Å²) in [7, 11) is 4.09. The van der Waals surface area contributed by atoms with E-state index >= 15 is 4.39 Å². The van der Waals surface area contributed by atoms with E-state index in [0.717, 1.165) is 126 Å². The molecule has 21 heteroatoms. The maximum Gasteiger partial charge on any atom is 0.319 e. The normalized spacial score (nSPS) is 22.8. The number of anilines is 2. The van der Waals surface area contributed by atoms with Crippen LogP contribution in [0.4, 0.5) is 16.0 Å². The first kappa shape index (κ1) is 60.9. The number of aryl methyl sites for hydroxylation is 1. The zero-order valence-corrected chi connectivity index (χ0v) is 51.6. The number of amides is 1. The van der Waals surface area contributed by atoms with Gasteiger partial charge in [0.25, 0.3) is 6.47 Å². The lowest BCUT2D eigenvalue weighted by Gasteiger charge is -2.35. The maximum absolute atomic E-state index is 16.9. The van der Waals surface area contributed by atoms with Crippen molar-refractivity contribution in [3.63, 3.8) is 0 Å². The van der Waals surface area contributed by atoms with E-state index < -0.39 is 11.7 Å². The highest BCUT2D eigenvalue weighted by Gasteiger charge is 2.50. The Kier molecular flexibility index (Phi) is 18.9. The number of likely N-dealkylation sites (tertiary alicyclic amines) is 1. The number of likely N-dealkylation sites (N-methyl/N-ethyl adjacent to an activating group) is 1. The van der Waals surface area contributed by atoms with E-state index in [1.807, 2.05) is 56.7 Å². The summed E-state index contributed by atoms with van der Waals surface area (Å²) in [4.78, 5) is 61.1. The standard InChI is InChI=1S/C34H35ClFN5O4.C18H28N4O3.C13H16N2S/c35-28-14-27-31(30(36)29(28)26-13-24(43)12-20-4-1-2-5-25(20)26)38-33(39-32(27)40-15-21-6-7-22(16-40)37-21)45-18-34-9-3-11-41(34)23(8-10-34)17-44-19-42;1-13(2)17(18(24)22-6-4-5-14(22)12-23)15-11-16(19-25-15)21-9-7-20(3)8-10-21;1-9(14-3)11-4-6-12(7-5-11)13-10(2)15-8-16-13/h1-2,4-5,12-14,19,21-23,37,43H,3,6-11,15-18H2;11-14,17H,4-10H2,1-3H3;4-9,14H,1-3H3. The molecule has 86 heavy (non-hydrogen) atoms. The van der Waals surface area contributed by atoms with Crippen LogP contribution in [0.5, 0.6) is 11.8 Å². The molecule has 2 bridgehead atoms. The molecule has 9 heterocycles. The molecule has 6 aliphatic rings. The van der Waals surface area contributed by atoms with Crippen molar-refractivity contribution in [3.8, 4) is 33.3 Å². The molecule has 1 amide bonds. The summed E-state index contributed by atoms with van der Waals surface area (Å²) in [5.41, 5.74) is 6.19. The van der Waals surface area contributed by atoms with Gasteiger partial charge >= 0.3 is 6.01 Å². The second-order valence-corrected chi connectivity index (χ2v) is 25.6. The monoisotopic (exact) mass is 1210 g/mol. The van der Waals surface area contributed by atoms with Crippen LogP contribution < -0.4 is 25.2 Å². The molecule has 18 nitrogen and oxygen atoms in total. The number of thiazole rings is 1. The summed E-state index contributed by atoms with van der Waals surface area (Å²) >= 11 is 8.59. The first-order chi connectivity index (χ1) is 41.6. The lowest BCUT2D eigenvalue weighted by molar-refractivity contribution is -0.137. The third-order valence-electron chi connectivity index (χ3n) is 18.5. The van der Waals surface area contributed by atoms with Gasteiger partial charge in [0.1, 0.15) is 42.5 Å². The van der Waals surface area contributed by atoms with E-state index in [4.69, 9.17) is 35.6 Å². The number of aromatic hydroxyl groups is 1. The number of aromatic nitrogens is 4. The van der Waals surface area contributed by atoms with Crippen LogP contribution in [0.15, 0.2) is 82.8 Å². The molecule has 7 unspecified atom stereocenters. The van der Waals surface area contributed by atoms with Crippen molar-refractivity contribution in [1.82, 2.24) is 45.4 Å². The van der Waals surface area contributed by atoms with Gasteiger partial charge in [-0.1, -0.05) is 79.1 Å². The highest BCUT2D eigenvalue weighted by atomic mass is 35.5. The number of carbonyl (C=O) groups is 3. The Hall–Kier alpha value is -6.81. The minimum atomic E-state index is -0.576. The summed E-state index contributed by atoms with van der Waals surface area (Å²) in [6.07, 6.45) is 8.52. The molecule has 0 aliphatic carbocycles. The van der Waals surface area contributed by atoms with Gasteiger partial charge in [0.15, 0.2) is 17.4 Å². The Morgan fingerprint density at radius 3 is 2.41 bits per heavy atom. The molecule has 13 rings (SSSR count). The number of nitrogens with zero attached hydrogens (tertiary/aromatic N) is 9. The molecular formula is C65H79ClFN11O7S. The number of phenolic OH excluding ortho intramolecular Hbond substituents is 1. The van der Waals surface area contributed by atoms with E-state index in [1.54, 1.807) is 34.4 Å².